The quantitative estimate of drug-likeness (QED) is 0.719. The molecule has 1 atom stereocenters. The van der Waals surface area contributed by atoms with Crippen LogP contribution < -0.4 is 5.32 Å². The summed E-state index contributed by atoms with van der Waals surface area (Å²) in [5.41, 5.74) is -0.644. The minimum atomic E-state index is -0.644. The Morgan fingerprint density at radius 3 is 2.08 bits per heavy atom. The van der Waals surface area contributed by atoms with E-state index < -0.39 is 5.60 Å². The predicted molar refractivity (Wildman–Crippen MR) is 61.4 cm³/mol. The van der Waals surface area contributed by atoms with Gasteiger partial charge < -0.3 is 10.4 Å². The summed E-state index contributed by atoms with van der Waals surface area (Å²) < 4.78 is 0.236. The zero-order chi connectivity index (χ0) is 10.7. The Balaban J connectivity index is 3.90. The van der Waals surface area contributed by atoms with E-state index in [0.29, 0.717) is 0 Å². The molecule has 0 aliphatic heterocycles. The number of hydrogen-bond acceptors (Lipinski definition) is 3. The normalized spacial score (nSPS) is 15.9. The molecule has 0 heterocycles. The summed E-state index contributed by atoms with van der Waals surface area (Å²) >= 11 is 1.84. The highest BCUT2D eigenvalue weighted by atomic mass is 32.2. The third kappa shape index (κ3) is 5.55. The largest absolute Gasteiger partial charge is 0.389 e. The van der Waals surface area contributed by atoms with Crippen LogP contribution in [-0.2, 0) is 0 Å². The first kappa shape index (κ1) is 13.3. The van der Waals surface area contributed by atoms with E-state index in [4.69, 9.17) is 0 Å². The van der Waals surface area contributed by atoms with Crippen molar-refractivity contribution in [3.8, 4) is 0 Å². The maximum absolute atomic E-state index is 9.69. The maximum Gasteiger partial charge on any atom is 0.0741 e. The van der Waals surface area contributed by atoms with Crippen LogP contribution in [0.15, 0.2) is 0 Å². The van der Waals surface area contributed by atoms with Gasteiger partial charge in [-0.3, -0.25) is 0 Å². The van der Waals surface area contributed by atoms with Crippen molar-refractivity contribution in [2.75, 3.05) is 12.8 Å². The molecule has 0 bridgehead atoms. The molecular formula is C10H23NOS. The lowest BCUT2D eigenvalue weighted by molar-refractivity contribution is 0.0439. The van der Waals surface area contributed by atoms with E-state index in [1.807, 2.05) is 32.5 Å². The van der Waals surface area contributed by atoms with E-state index in [0.717, 1.165) is 6.54 Å². The molecule has 3 heteroatoms. The summed E-state index contributed by atoms with van der Waals surface area (Å²) in [6.45, 7) is 11.0. The van der Waals surface area contributed by atoms with Crippen LogP contribution in [0.2, 0.25) is 0 Å². The van der Waals surface area contributed by atoms with Crippen molar-refractivity contribution >= 4 is 11.8 Å². The van der Waals surface area contributed by atoms with Gasteiger partial charge in [-0.2, -0.15) is 11.8 Å². The van der Waals surface area contributed by atoms with E-state index >= 15 is 0 Å². The first-order chi connectivity index (χ1) is 5.69. The van der Waals surface area contributed by atoms with Gasteiger partial charge in [-0.25, -0.2) is 0 Å². The first-order valence-electron chi connectivity index (χ1n) is 4.70. The molecule has 0 aliphatic rings. The average molecular weight is 205 g/mol. The second-order valence-electron chi connectivity index (χ2n) is 4.72. The van der Waals surface area contributed by atoms with Crippen molar-refractivity contribution in [3.63, 3.8) is 0 Å². The molecule has 2 nitrogen and oxygen atoms in total. The molecule has 80 valence electrons. The smallest absolute Gasteiger partial charge is 0.0741 e. The van der Waals surface area contributed by atoms with Crippen LogP contribution in [-0.4, -0.2) is 34.3 Å². The van der Waals surface area contributed by atoms with Crippen molar-refractivity contribution in [2.45, 2.75) is 51.0 Å². The number of nitrogens with one attached hydrogen (secondary N) is 1. The van der Waals surface area contributed by atoms with Gasteiger partial charge in [-0.05, 0) is 40.9 Å². The van der Waals surface area contributed by atoms with Crippen LogP contribution in [0.25, 0.3) is 0 Å². The molecule has 1 unspecified atom stereocenters. The Bertz CT molecular complexity index is 151. The molecule has 0 saturated heterocycles. The molecule has 0 radical (unpaired) electrons. The summed E-state index contributed by atoms with van der Waals surface area (Å²) in [6, 6.07) is 0.124. The monoisotopic (exact) mass is 205 g/mol. The Hall–Kier alpha value is 0.270. The number of rotatable bonds is 5. The van der Waals surface area contributed by atoms with Crippen molar-refractivity contribution in [1.29, 1.82) is 0 Å². The van der Waals surface area contributed by atoms with Gasteiger partial charge >= 0.3 is 0 Å². The molecule has 0 aromatic rings. The summed E-state index contributed by atoms with van der Waals surface area (Å²) in [4.78, 5) is 0. The minimum Gasteiger partial charge on any atom is -0.389 e. The van der Waals surface area contributed by atoms with Crippen LogP contribution in [0.3, 0.4) is 0 Å². The number of hydrogen-bond donors (Lipinski definition) is 2. The third-order valence-electron chi connectivity index (χ3n) is 2.45. The summed E-state index contributed by atoms with van der Waals surface area (Å²) in [5.74, 6) is 0. The lowest BCUT2D eigenvalue weighted by Gasteiger charge is -2.31. The van der Waals surface area contributed by atoms with Crippen LogP contribution >= 0.6 is 11.8 Å². The molecule has 0 aromatic carbocycles. The van der Waals surface area contributed by atoms with Crippen molar-refractivity contribution in [2.24, 2.45) is 0 Å². The predicted octanol–water partition coefficient (Wildman–Crippen LogP) is 1.88. The number of aliphatic hydroxyl groups is 1. The van der Waals surface area contributed by atoms with Crippen LogP contribution in [0.4, 0.5) is 0 Å². The Morgan fingerprint density at radius 1 is 1.31 bits per heavy atom. The lowest BCUT2D eigenvalue weighted by atomic mass is 10.0. The third-order valence-corrected chi connectivity index (χ3v) is 3.70. The molecule has 0 aliphatic carbocycles. The Kier molecular flexibility index (Phi) is 4.77. The standard InChI is InChI=1S/C10H23NOS/c1-8(10(4,5)12)11-7-9(2,3)13-6/h8,11-12H,7H2,1-6H3. The fourth-order valence-electron chi connectivity index (χ4n) is 0.721. The van der Waals surface area contributed by atoms with Crippen LogP contribution in [0.1, 0.15) is 34.6 Å². The highest BCUT2D eigenvalue weighted by molar-refractivity contribution is 7.99. The lowest BCUT2D eigenvalue weighted by Crippen LogP contribution is -2.48. The van der Waals surface area contributed by atoms with Gasteiger partial charge in [0.05, 0.1) is 5.60 Å². The van der Waals surface area contributed by atoms with Gasteiger partial charge in [-0.1, -0.05) is 0 Å². The second-order valence-corrected chi connectivity index (χ2v) is 6.23. The molecule has 0 fully saturated rings. The summed E-state index contributed by atoms with van der Waals surface area (Å²) in [7, 11) is 0. The van der Waals surface area contributed by atoms with Crippen LogP contribution in [0.5, 0.6) is 0 Å². The van der Waals surface area contributed by atoms with E-state index in [9.17, 15) is 5.11 Å². The summed E-state index contributed by atoms with van der Waals surface area (Å²) in [6.07, 6.45) is 2.11. The molecule has 13 heavy (non-hydrogen) atoms. The van der Waals surface area contributed by atoms with Gasteiger partial charge in [0.2, 0.25) is 0 Å². The van der Waals surface area contributed by atoms with E-state index in [2.05, 4.69) is 25.4 Å². The fourth-order valence-corrected chi connectivity index (χ4v) is 0.948. The van der Waals surface area contributed by atoms with Gasteiger partial charge in [0.1, 0.15) is 0 Å². The topological polar surface area (TPSA) is 32.3 Å². The zero-order valence-electron chi connectivity index (χ0n) is 9.64. The minimum absolute atomic E-state index is 0.124. The molecule has 2 N–H and O–H groups in total. The molecule has 0 rings (SSSR count). The average Bonchev–Trinajstić information content (AvgIpc) is 1.98. The molecule has 0 aromatic heterocycles. The highest BCUT2D eigenvalue weighted by Gasteiger charge is 2.24. The van der Waals surface area contributed by atoms with Gasteiger partial charge in [0, 0.05) is 17.3 Å². The van der Waals surface area contributed by atoms with Gasteiger partial charge in [0.15, 0.2) is 0 Å². The molecule has 0 amide bonds. The van der Waals surface area contributed by atoms with Crippen molar-refractivity contribution in [3.05, 3.63) is 0 Å². The molecule has 0 spiro atoms. The number of thioether (sulfide) groups is 1. The Labute approximate surface area is 86.5 Å². The first-order valence-corrected chi connectivity index (χ1v) is 5.92. The van der Waals surface area contributed by atoms with E-state index in [-0.39, 0.29) is 10.8 Å². The fraction of sp³-hybridized carbons (Fsp3) is 1.00. The van der Waals surface area contributed by atoms with Gasteiger partial charge in [-0.15, -0.1) is 0 Å². The van der Waals surface area contributed by atoms with Gasteiger partial charge in [0.25, 0.3) is 0 Å². The molecular weight excluding hydrogens is 182 g/mol. The highest BCUT2D eigenvalue weighted by Crippen LogP contribution is 2.20. The molecule has 0 saturated carbocycles. The van der Waals surface area contributed by atoms with E-state index in [1.54, 1.807) is 0 Å². The SMILES string of the molecule is CSC(C)(C)CNC(C)C(C)(C)O. The second kappa shape index (κ2) is 4.67. The summed E-state index contributed by atoms with van der Waals surface area (Å²) in [5, 5.41) is 13.0. The maximum atomic E-state index is 9.69. The zero-order valence-corrected chi connectivity index (χ0v) is 10.5. The van der Waals surface area contributed by atoms with Crippen molar-refractivity contribution < 1.29 is 5.11 Å². The van der Waals surface area contributed by atoms with E-state index in [1.165, 1.54) is 0 Å². The Morgan fingerprint density at radius 2 is 1.77 bits per heavy atom. The van der Waals surface area contributed by atoms with Crippen molar-refractivity contribution in [1.82, 2.24) is 5.32 Å². The van der Waals surface area contributed by atoms with Crippen LogP contribution in [0, 0.1) is 0 Å².